The summed E-state index contributed by atoms with van der Waals surface area (Å²) in [5, 5.41) is 17.1. The second-order valence-electron chi connectivity index (χ2n) is 6.66. The first-order chi connectivity index (χ1) is 15.2. The molecule has 4 aromatic heterocycles. The van der Waals surface area contributed by atoms with Crippen LogP contribution in [-0.2, 0) is 12.6 Å². The molecule has 0 saturated carbocycles. The van der Waals surface area contributed by atoms with Crippen molar-refractivity contribution in [3.05, 3.63) is 64.7 Å². The highest BCUT2D eigenvalue weighted by atomic mass is 35.5. The molecule has 0 fully saturated rings. The lowest BCUT2D eigenvalue weighted by Crippen LogP contribution is -2.10. The highest BCUT2D eigenvalue weighted by Gasteiger charge is 2.33. The SMILES string of the molecule is CCc1cn2nc(-c3cccc(C(F)(F)F)n3)nc(Nc3ccnc(Cl)c3)c2c1C(=O)O. The van der Waals surface area contributed by atoms with Gasteiger partial charge < -0.3 is 10.4 Å². The van der Waals surface area contributed by atoms with Gasteiger partial charge in [-0.15, -0.1) is 5.10 Å². The zero-order valence-electron chi connectivity index (χ0n) is 16.4. The fraction of sp³-hybridized carbons (Fsp3) is 0.150. The lowest BCUT2D eigenvalue weighted by Gasteiger charge is -2.11. The molecule has 0 amide bonds. The van der Waals surface area contributed by atoms with E-state index < -0.39 is 17.8 Å². The van der Waals surface area contributed by atoms with Crippen molar-refractivity contribution in [3.63, 3.8) is 0 Å². The van der Waals surface area contributed by atoms with E-state index in [1.807, 2.05) is 0 Å². The average molecular weight is 463 g/mol. The minimum absolute atomic E-state index is 0.0151. The number of aryl methyl sites for hydroxylation is 1. The van der Waals surface area contributed by atoms with Gasteiger partial charge in [-0.25, -0.2) is 24.3 Å². The van der Waals surface area contributed by atoms with E-state index in [4.69, 9.17) is 11.6 Å². The number of carboxylic acid groups (broad SMARTS) is 1. The summed E-state index contributed by atoms with van der Waals surface area (Å²) in [5.41, 5.74) is -0.152. The van der Waals surface area contributed by atoms with Crippen molar-refractivity contribution in [1.29, 1.82) is 0 Å². The molecule has 0 atom stereocenters. The van der Waals surface area contributed by atoms with E-state index in [-0.39, 0.29) is 33.6 Å². The molecule has 12 heteroatoms. The summed E-state index contributed by atoms with van der Waals surface area (Å²) in [7, 11) is 0. The summed E-state index contributed by atoms with van der Waals surface area (Å²) in [5.74, 6) is -1.25. The molecule has 0 aliphatic rings. The molecule has 0 unspecified atom stereocenters. The molecule has 32 heavy (non-hydrogen) atoms. The molecule has 0 aliphatic heterocycles. The number of anilines is 2. The van der Waals surface area contributed by atoms with E-state index in [1.54, 1.807) is 13.0 Å². The number of rotatable bonds is 5. The summed E-state index contributed by atoms with van der Waals surface area (Å²) >= 11 is 5.93. The number of fused-ring (bicyclic) bond motifs is 1. The number of carboxylic acids is 1. The van der Waals surface area contributed by atoms with Crippen molar-refractivity contribution in [1.82, 2.24) is 24.6 Å². The van der Waals surface area contributed by atoms with Gasteiger partial charge in [0, 0.05) is 18.1 Å². The van der Waals surface area contributed by atoms with Gasteiger partial charge in [0.1, 0.15) is 22.1 Å². The van der Waals surface area contributed by atoms with E-state index in [9.17, 15) is 23.1 Å². The number of hydrogen-bond acceptors (Lipinski definition) is 6. The molecule has 2 N–H and O–H groups in total. The summed E-state index contributed by atoms with van der Waals surface area (Å²) < 4.78 is 40.7. The molecule has 0 bridgehead atoms. The van der Waals surface area contributed by atoms with E-state index in [0.717, 1.165) is 6.07 Å². The largest absolute Gasteiger partial charge is 0.478 e. The van der Waals surface area contributed by atoms with Gasteiger partial charge in [0.2, 0.25) is 5.82 Å². The predicted octanol–water partition coefficient (Wildman–Crippen LogP) is 4.86. The molecular weight excluding hydrogens is 449 g/mol. The van der Waals surface area contributed by atoms with Gasteiger partial charge in [-0.2, -0.15) is 13.2 Å². The zero-order chi connectivity index (χ0) is 23.0. The first-order valence-corrected chi connectivity index (χ1v) is 9.64. The summed E-state index contributed by atoms with van der Waals surface area (Å²) in [6.45, 7) is 1.78. The molecule has 0 aromatic carbocycles. The van der Waals surface area contributed by atoms with Crippen molar-refractivity contribution >= 4 is 34.6 Å². The Labute approximate surface area is 183 Å². The molecule has 0 spiro atoms. The van der Waals surface area contributed by atoms with Gasteiger partial charge in [0.05, 0.1) is 5.56 Å². The lowest BCUT2D eigenvalue weighted by atomic mass is 10.1. The van der Waals surface area contributed by atoms with Crippen LogP contribution < -0.4 is 5.32 Å². The van der Waals surface area contributed by atoms with Gasteiger partial charge in [-0.05, 0) is 36.2 Å². The molecule has 0 radical (unpaired) electrons. The number of halogens is 4. The molecule has 4 aromatic rings. The van der Waals surface area contributed by atoms with Crippen molar-refractivity contribution in [2.45, 2.75) is 19.5 Å². The fourth-order valence-electron chi connectivity index (χ4n) is 3.17. The third-order valence-electron chi connectivity index (χ3n) is 4.56. The molecule has 0 saturated heterocycles. The summed E-state index contributed by atoms with van der Waals surface area (Å²) in [6, 6.07) is 6.45. The van der Waals surface area contributed by atoms with Crippen LogP contribution in [0.2, 0.25) is 5.15 Å². The second kappa shape index (κ2) is 8.08. The van der Waals surface area contributed by atoms with Gasteiger partial charge >= 0.3 is 12.1 Å². The maximum Gasteiger partial charge on any atom is 0.433 e. The number of carbonyl (C=O) groups is 1. The lowest BCUT2D eigenvalue weighted by molar-refractivity contribution is -0.141. The van der Waals surface area contributed by atoms with Gasteiger partial charge in [-0.1, -0.05) is 24.6 Å². The van der Waals surface area contributed by atoms with Crippen LogP contribution in [0.15, 0.2) is 42.7 Å². The average Bonchev–Trinajstić information content (AvgIpc) is 3.12. The van der Waals surface area contributed by atoms with E-state index in [1.165, 1.54) is 35.1 Å². The minimum atomic E-state index is -4.64. The third-order valence-corrected chi connectivity index (χ3v) is 4.77. The van der Waals surface area contributed by atoms with Crippen molar-refractivity contribution in [2.75, 3.05) is 5.32 Å². The highest BCUT2D eigenvalue weighted by Crippen LogP contribution is 2.31. The van der Waals surface area contributed by atoms with Crippen LogP contribution >= 0.6 is 11.6 Å². The van der Waals surface area contributed by atoms with Crippen LogP contribution in [0.1, 0.15) is 28.5 Å². The van der Waals surface area contributed by atoms with Gasteiger partial charge in [0.25, 0.3) is 0 Å². The Kier molecular flexibility index (Phi) is 5.43. The Balaban J connectivity index is 1.96. The Morgan fingerprint density at radius 2 is 2.03 bits per heavy atom. The number of aromatic carboxylic acids is 1. The van der Waals surface area contributed by atoms with Crippen LogP contribution in [0.25, 0.3) is 17.0 Å². The molecular formula is C20H14ClF3N6O2. The monoisotopic (exact) mass is 462 g/mol. The number of nitrogens with zero attached hydrogens (tertiary/aromatic N) is 5. The molecule has 4 rings (SSSR count). The summed E-state index contributed by atoms with van der Waals surface area (Å²) in [6.07, 6.45) is -1.31. The zero-order valence-corrected chi connectivity index (χ0v) is 17.1. The normalized spacial score (nSPS) is 11.7. The number of alkyl halides is 3. The third kappa shape index (κ3) is 4.06. The van der Waals surface area contributed by atoms with Gasteiger partial charge in [0.15, 0.2) is 5.82 Å². The van der Waals surface area contributed by atoms with Crippen molar-refractivity contribution in [3.8, 4) is 11.5 Å². The first-order valence-electron chi connectivity index (χ1n) is 9.26. The molecule has 8 nitrogen and oxygen atoms in total. The van der Waals surface area contributed by atoms with E-state index in [2.05, 4.69) is 25.4 Å². The second-order valence-corrected chi connectivity index (χ2v) is 7.05. The quantitative estimate of drug-likeness (QED) is 0.408. The Hall–Kier alpha value is -3.73. The minimum Gasteiger partial charge on any atom is -0.478 e. The number of pyridine rings is 2. The standard InChI is InChI=1S/C20H14ClF3N6O2/c1-2-10-9-30-16(15(10)19(31)32)18(26-11-6-7-25-14(21)8-11)28-17(29-30)12-4-3-5-13(27-12)20(22,23)24/h3-9H,2H2,1H3,(H,31,32)(H,25,26,28,29). The van der Waals surface area contributed by atoms with Gasteiger partial charge in [-0.3, -0.25) is 0 Å². The van der Waals surface area contributed by atoms with Crippen molar-refractivity contribution < 1.29 is 23.1 Å². The smallest absolute Gasteiger partial charge is 0.433 e. The maximum atomic E-state index is 13.1. The van der Waals surface area contributed by atoms with Crippen LogP contribution in [0.5, 0.6) is 0 Å². The molecule has 4 heterocycles. The van der Waals surface area contributed by atoms with Crippen molar-refractivity contribution in [2.24, 2.45) is 0 Å². The highest BCUT2D eigenvalue weighted by molar-refractivity contribution is 6.29. The predicted molar refractivity (Wildman–Crippen MR) is 110 cm³/mol. The Bertz CT molecular complexity index is 1340. The molecule has 164 valence electrons. The number of nitrogens with one attached hydrogen (secondary N) is 1. The topological polar surface area (TPSA) is 105 Å². The maximum absolute atomic E-state index is 13.1. The first kappa shape index (κ1) is 21.5. The molecule has 0 aliphatic carbocycles. The Morgan fingerprint density at radius 1 is 1.25 bits per heavy atom. The van der Waals surface area contributed by atoms with Crippen LogP contribution in [0.3, 0.4) is 0 Å². The number of hydrogen-bond donors (Lipinski definition) is 2. The van der Waals surface area contributed by atoms with E-state index in [0.29, 0.717) is 17.7 Å². The van der Waals surface area contributed by atoms with E-state index >= 15 is 0 Å². The summed E-state index contributed by atoms with van der Waals surface area (Å²) in [4.78, 5) is 23.8. The number of aromatic nitrogens is 5. The Morgan fingerprint density at radius 3 is 2.69 bits per heavy atom. The van der Waals surface area contributed by atoms with Crippen LogP contribution in [0.4, 0.5) is 24.7 Å². The van der Waals surface area contributed by atoms with Crippen LogP contribution in [0, 0.1) is 0 Å². The fourth-order valence-corrected chi connectivity index (χ4v) is 3.34. The van der Waals surface area contributed by atoms with Crippen LogP contribution in [-0.4, -0.2) is 35.6 Å².